The Labute approximate surface area is 195 Å². The summed E-state index contributed by atoms with van der Waals surface area (Å²) in [6.45, 7) is 0. The first-order valence-corrected chi connectivity index (χ1v) is 8.48. The number of halogens is 18. The third-order valence-corrected chi connectivity index (χ3v) is 4.94. The lowest BCUT2D eigenvalue weighted by molar-refractivity contribution is -0.393. The maximum absolute atomic E-state index is 13.5. The summed E-state index contributed by atoms with van der Waals surface area (Å²) in [6, 6.07) is -1.06. The first-order chi connectivity index (χ1) is 16.2. The van der Waals surface area contributed by atoms with Crippen molar-refractivity contribution in [2.24, 2.45) is 0 Å². The summed E-state index contributed by atoms with van der Waals surface area (Å²) in [5, 5.41) is 28.4. The van der Waals surface area contributed by atoms with E-state index in [0.29, 0.717) is 0 Å². The van der Waals surface area contributed by atoms with Gasteiger partial charge >= 0.3 is 37.1 Å². The van der Waals surface area contributed by atoms with E-state index >= 15 is 0 Å². The van der Waals surface area contributed by atoms with Crippen LogP contribution in [0.2, 0.25) is 0 Å². The Morgan fingerprint density at radius 2 is 0.526 bits per heavy atom. The smallest absolute Gasteiger partial charge is 0.398 e. The normalized spacial score (nSPS) is 15.7. The molecule has 0 unspecified atom stereocenters. The van der Waals surface area contributed by atoms with Crippen LogP contribution in [-0.4, -0.2) is 52.4 Å². The molecule has 7 N–H and O–H groups in total. The fourth-order valence-corrected chi connectivity index (χ4v) is 3.20. The second-order valence-electron chi connectivity index (χ2n) is 7.30. The van der Waals surface area contributed by atoms with E-state index in [2.05, 4.69) is 11.5 Å². The van der Waals surface area contributed by atoms with Crippen molar-refractivity contribution in [2.45, 2.75) is 53.9 Å². The fourth-order valence-electron chi connectivity index (χ4n) is 3.20. The average Bonchev–Trinajstić information content (AvgIpc) is 2.60. The number of benzene rings is 1. The zero-order valence-corrected chi connectivity index (χ0v) is 16.9. The molecule has 0 saturated heterocycles. The number of nitrogens with two attached hydrogens (primary N) is 2. The summed E-state index contributed by atoms with van der Waals surface area (Å²) in [5.74, 6) is 0. The molecule has 1 aromatic carbocycles. The Bertz CT molecular complexity index is 956. The molecule has 222 valence electrons. The van der Waals surface area contributed by atoms with Gasteiger partial charge in [0.15, 0.2) is 0 Å². The topological polar surface area (TPSA) is 113 Å². The summed E-state index contributed by atoms with van der Waals surface area (Å²) in [5.41, 5.74) is -31.8. The molecule has 23 heteroatoms. The predicted octanol–water partition coefficient (Wildman–Crippen LogP) is 4.79. The highest BCUT2D eigenvalue weighted by Gasteiger charge is 2.81. The molecule has 0 aliphatic rings. The van der Waals surface area contributed by atoms with E-state index in [4.69, 9.17) is 0 Å². The lowest BCUT2D eigenvalue weighted by Gasteiger charge is -2.44. The zero-order valence-electron chi connectivity index (χ0n) is 16.9. The number of hydrogen-bond donors (Lipinski definition) is 5. The molecule has 0 atom stereocenters. The van der Waals surface area contributed by atoms with Gasteiger partial charge in [0.1, 0.15) is 0 Å². The van der Waals surface area contributed by atoms with Crippen molar-refractivity contribution in [2.75, 3.05) is 11.5 Å². The van der Waals surface area contributed by atoms with E-state index in [1.807, 2.05) is 0 Å². The molecule has 5 nitrogen and oxygen atoms in total. The van der Waals surface area contributed by atoms with Crippen LogP contribution in [0.3, 0.4) is 0 Å². The van der Waals surface area contributed by atoms with Crippen molar-refractivity contribution >= 4 is 11.4 Å². The van der Waals surface area contributed by atoms with Crippen molar-refractivity contribution in [3.05, 3.63) is 22.8 Å². The van der Waals surface area contributed by atoms with Crippen LogP contribution in [0.1, 0.15) is 16.7 Å². The van der Waals surface area contributed by atoms with Gasteiger partial charge in [0.25, 0.3) is 16.8 Å². The monoisotopic (exact) mass is 606 g/mol. The quantitative estimate of drug-likeness (QED) is 0.251. The van der Waals surface area contributed by atoms with Gasteiger partial charge in [-0.05, 0) is 6.07 Å². The van der Waals surface area contributed by atoms with Crippen LogP contribution < -0.4 is 11.5 Å². The average molecular weight is 606 g/mol. The predicted molar refractivity (Wildman–Crippen MR) is 83.3 cm³/mol. The maximum Gasteiger partial charge on any atom is 0.430 e. The molecule has 0 aliphatic heterocycles. The molecular weight excluding hydrogens is 598 g/mol. The second-order valence-corrected chi connectivity index (χ2v) is 7.30. The summed E-state index contributed by atoms with van der Waals surface area (Å²) in [6.07, 6.45) is -46.1. The highest BCUT2D eigenvalue weighted by atomic mass is 19.4. The van der Waals surface area contributed by atoms with E-state index in [0.717, 1.165) is 0 Å². The molecule has 0 radical (unpaired) electrons. The van der Waals surface area contributed by atoms with Gasteiger partial charge in [-0.15, -0.1) is 0 Å². The Balaban J connectivity index is 5.06. The van der Waals surface area contributed by atoms with Crippen molar-refractivity contribution in [3.8, 4) is 0 Å². The maximum atomic E-state index is 13.5. The number of aliphatic hydroxyl groups is 3. The van der Waals surface area contributed by atoms with Crippen molar-refractivity contribution in [1.29, 1.82) is 0 Å². The Kier molecular flexibility index (Phi) is 7.46. The SMILES string of the molecule is Nc1cc(N)c(C(O)(C(F)(F)F)C(F)(F)F)c(C(O)(C(F)(F)F)C(F)(F)F)c1C(O)(C(F)(F)F)C(F)(F)F. The van der Waals surface area contributed by atoms with E-state index in [1.54, 1.807) is 0 Å². The zero-order chi connectivity index (χ0) is 31.1. The Hall–Kier alpha value is -2.56. The third-order valence-electron chi connectivity index (χ3n) is 4.94. The van der Waals surface area contributed by atoms with Gasteiger partial charge in [0.05, 0.1) is 0 Å². The first-order valence-electron chi connectivity index (χ1n) is 8.48. The minimum absolute atomic E-state index is 1.06. The Morgan fingerprint density at radius 3 is 0.684 bits per heavy atom. The van der Waals surface area contributed by atoms with Crippen LogP contribution >= 0.6 is 0 Å². The van der Waals surface area contributed by atoms with Crippen molar-refractivity contribution in [1.82, 2.24) is 0 Å². The number of nitrogen functional groups attached to an aromatic ring is 2. The van der Waals surface area contributed by atoms with Crippen molar-refractivity contribution < 1.29 is 94.3 Å². The van der Waals surface area contributed by atoms with Gasteiger partial charge in [0.2, 0.25) is 0 Å². The minimum Gasteiger partial charge on any atom is -0.398 e. The van der Waals surface area contributed by atoms with Gasteiger partial charge in [-0.25, -0.2) is 0 Å². The highest BCUT2D eigenvalue weighted by molar-refractivity contribution is 5.71. The van der Waals surface area contributed by atoms with Crippen molar-refractivity contribution in [3.63, 3.8) is 0 Å². The Morgan fingerprint density at radius 1 is 0.368 bits per heavy atom. The van der Waals surface area contributed by atoms with E-state index < -0.39 is 88.0 Å². The van der Waals surface area contributed by atoms with E-state index in [-0.39, 0.29) is 0 Å². The summed E-state index contributed by atoms with van der Waals surface area (Å²) >= 11 is 0. The van der Waals surface area contributed by atoms with Crippen LogP contribution in [0, 0.1) is 0 Å². The van der Waals surface area contributed by atoms with Crippen LogP contribution in [0.25, 0.3) is 0 Å². The lowest BCUT2D eigenvalue weighted by Crippen LogP contribution is -2.62. The standard InChI is InChI=1S/C15H8F18N2O3/c16-10(17,18)7(36,11(19,20)21)4-2(34)1-3(35)5(8(37,12(22,23)24)13(25,26)27)6(4)9(38,14(28,29)30)15(31,32)33/h1,36-38H,34-35H2. The fraction of sp³-hybridized carbons (Fsp3) is 0.600. The van der Waals surface area contributed by atoms with Crippen LogP contribution in [0.4, 0.5) is 90.4 Å². The number of anilines is 2. The number of alkyl halides is 18. The highest BCUT2D eigenvalue weighted by Crippen LogP contribution is 2.63. The van der Waals surface area contributed by atoms with Gasteiger partial charge in [0, 0.05) is 28.1 Å². The molecule has 0 amide bonds. The van der Waals surface area contributed by atoms with Gasteiger partial charge in [-0.1, -0.05) is 0 Å². The van der Waals surface area contributed by atoms with Gasteiger partial charge in [-0.3, -0.25) is 0 Å². The molecule has 1 aromatic rings. The van der Waals surface area contributed by atoms with Crippen LogP contribution in [0.5, 0.6) is 0 Å². The molecule has 0 bridgehead atoms. The molecule has 0 aromatic heterocycles. The van der Waals surface area contributed by atoms with Crippen LogP contribution in [-0.2, 0) is 16.8 Å². The summed E-state index contributed by atoms with van der Waals surface area (Å²) in [7, 11) is 0. The third kappa shape index (κ3) is 4.40. The second kappa shape index (κ2) is 8.47. The summed E-state index contributed by atoms with van der Waals surface area (Å²) < 4.78 is 242. The molecule has 1 rings (SSSR count). The largest absolute Gasteiger partial charge is 0.430 e. The molecule has 0 heterocycles. The number of hydrogen-bond acceptors (Lipinski definition) is 5. The molecular formula is C15H8F18N2O3. The van der Waals surface area contributed by atoms with E-state index in [9.17, 15) is 94.3 Å². The molecule has 0 saturated carbocycles. The molecule has 0 aliphatic carbocycles. The number of rotatable bonds is 3. The molecule has 0 spiro atoms. The summed E-state index contributed by atoms with van der Waals surface area (Å²) in [4.78, 5) is 0. The van der Waals surface area contributed by atoms with Gasteiger partial charge in [-0.2, -0.15) is 79.0 Å². The van der Waals surface area contributed by atoms with E-state index in [1.165, 1.54) is 0 Å². The lowest BCUT2D eigenvalue weighted by atomic mass is 9.72. The molecule has 0 fully saturated rings. The molecule has 38 heavy (non-hydrogen) atoms. The van der Waals surface area contributed by atoms with Crippen LogP contribution in [0.15, 0.2) is 6.07 Å². The first kappa shape index (κ1) is 33.5. The minimum atomic E-state index is -7.83. The van der Waals surface area contributed by atoms with Gasteiger partial charge < -0.3 is 26.8 Å².